The minimum atomic E-state index is -0.709. The van der Waals surface area contributed by atoms with Crippen molar-refractivity contribution in [1.29, 1.82) is 0 Å². The summed E-state index contributed by atoms with van der Waals surface area (Å²) in [5.74, 6) is -1.49. The van der Waals surface area contributed by atoms with Crippen LogP contribution in [0.15, 0.2) is 72.5 Å². The first-order chi connectivity index (χ1) is 19.1. The molecule has 3 rings (SSSR count). The van der Waals surface area contributed by atoms with E-state index in [9.17, 15) is 14.4 Å². The van der Waals surface area contributed by atoms with Gasteiger partial charge in [0.2, 0.25) is 5.76 Å². The molecule has 1 amide bonds. The van der Waals surface area contributed by atoms with Gasteiger partial charge in [-0.05, 0) is 64.2 Å². The molecule has 2 aromatic carbocycles. The van der Waals surface area contributed by atoms with E-state index >= 15 is 0 Å². The van der Waals surface area contributed by atoms with Crippen molar-refractivity contribution < 1.29 is 28.6 Å². The summed E-state index contributed by atoms with van der Waals surface area (Å²) in [6.45, 7) is 10.5. The second-order valence-electron chi connectivity index (χ2n) is 10.9. The van der Waals surface area contributed by atoms with Gasteiger partial charge in [0.15, 0.2) is 0 Å². The van der Waals surface area contributed by atoms with Gasteiger partial charge in [0, 0.05) is 32.6 Å². The Labute approximate surface area is 237 Å². The van der Waals surface area contributed by atoms with Crippen molar-refractivity contribution >= 4 is 18.0 Å². The van der Waals surface area contributed by atoms with Gasteiger partial charge in [-0.25, -0.2) is 9.59 Å². The molecule has 8 heteroatoms. The Morgan fingerprint density at radius 3 is 2.05 bits per heavy atom. The van der Waals surface area contributed by atoms with Crippen molar-refractivity contribution in [2.75, 3.05) is 13.2 Å². The normalized spacial score (nSPS) is 17.9. The molecule has 0 spiro atoms. The highest BCUT2D eigenvalue weighted by molar-refractivity contribution is 5.89. The molecule has 8 nitrogen and oxygen atoms in total. The number of likely N-dealkylation sites (tertiary alicyclic amines) is 1. The molecule has 0 aliphatic carbocycles. The maximum Gasteiger partial charge on any atom is 0.410 e. The predicted octanol–water partition coefficient (Wildman–Crippen LogP) is 5.86. The number of hydrogen-bond donors (Lipinski definition) is 0. The van der Waals surface area contributed by atoms with Gasteiger partial charge in [-0.2, -0.15) is 0 Å². The minimum absolute atomic E-state index is 0.0568. The van der Waals surface area contributed by atoms with E-state index in [-0.39, 0.29) is 30.9 Å². The fourth-order valence-electron chi connectivity index (χ4n) is 4.97. The van der Waals surface area contributed by atoms with E-state index in [1.165, 1.54) is 6.92 Å². The number of hydrogen-bond acceptors (Lipinski definition) is 7. The number of rotatable bonds is 10. The highest BCUT2D eigenvalue weighted by Crippen LogP contribution is 2.30. The third-order valence-electron chi connectivity index (χ3n) is 6.57. The molecule has 216 valence electrons. The van der Waals surface area contributed by atoms with Gasteiger partial charge in [-0.3, -0.25) is 9.69 Å². The van der Waals surface area contributed by atoms with Crippen LogP contribution >= 0.6 is 0 Å². The van der Waals surface area contributed by atoms with Crippen molar-refractivity contribution in [3.8, 4) is 0 Å². The Balaban J connectivity index is 2.01. The monoisotopic (exact) mass is 550 g/mol. The first-order valence-electron chi connectivity index (χ1n) is 13.9. The highest BCUT2D eigenvalue weighted by atomic mass is 16.6. The van der Waals surface area contributed by atoms with Gasteiger partial charge in [-0.1, -0.05) is 60.7 Å². The number of esters is 2. The van der Waals surface area contributed by atoms with Gasteiger partial charge < -0.3 is 19.1 Å². The van der Waals surface area contributed by atoms with Crippen LogP contribution in [0.4, 0.5) is 4.79 Å². The van der Waals surface area contributed by atoms with Crippen LogP contribution in [-0.2, 0) is 36.9 Å². The molecular weight excluding hydrogens is 508 g/mol. The van der Waals surface area contributed by atoms with Crippen LogP contribution in [0.25, 0.3) is 0 Å². The van der Waals surface area contributed by atoms with Gasteiger partial charge in [0.25, 0.3) is 0 Å². The first-order valence-corrected chi connectivity index (χ1v) is 13.9. The van der Waals surface area contributed by atoms with Crippen LogP contribution < -0.4 is 0 Å². The van der Waals surface area contributed by atoms with Crippen LogP contribution in [0.5, 0.6) is 0 Å². The quantitative estimate of drug-likeness (QED) is 0.159. The molecule has 40 heavy (non-hydrogen) atoms. The Bertz CT molecular complexity index is 1100. The molecule has 1 aliphatic heterocycles. The van der Waals surface area contributed by atoms with Crippen LogP contribution in [0.2, 0.25) is 0 Å². The summed E-state index contributed by atoms with van der Waals surface area (Å²) in [4.78, 5) is 41.9. The molecule has 1 fully saturated rings. The largest absolute Gasteiger partial charge is 0.460 e. The van der Waals surface area contributed by atoms with Crippen LogP contribution in [0.1, 0.15) is 65.0 Å². The summed E-state index contributed by atoms with van der Waals surface area (Å²) in [6.07, 6.45) is 3.10. The van der Waals surface area contributed by atoms with E-state index < -0.39 is 23.6 Å². The summed E-state index contributed by atoms with van der Waals surface area (Å²) >= 11 is 0. The van der Waals surface area contributed by atoms with Crippen molar-refractivity contribution in [2.24, 2.45) is 0 Å². The molecule has 0 bridgehead atoms. The van der Waals surface area contributed by atoms with Crippen LogP contribution in [-0.4, -0.2) is 58.7 Å². The zero-order valence-electron chi connectivity index (χ0n) is 24.3. The Kier molecular flexibility index (Phi) is 11.3. The van der Waals surface area contributed by atoms with Crippen molar-refractivity contribution in [2.45, 2.75) is 84.7 Å². The van der Waals surface area contributed by atoms with Gasteiger partial charge in [0.05, 0.1) is 12.6 Å². The number of carbonyl (C=O) groups is 3. The third-order valence-corrected chi connectivity index (χ3v) is 6.57. The summed E-state index contributed by atoms with van der Waals surface area (Å²) in [6, 6.07) is 20.1. The molecule has 0 aromatic heterocycles. The summed E-state index contributed by atoms with van der Waals surface area (Å²) in [7, 11) is 0. The van der Waals surface area contributed by atoms with Gasteiger partial charge in [0.1, 0.15) is 5.60 Å². The molecule has 0 saturated carbocycles. The first kappa shape index (κ1) is 30.9. The summed E-state index contributed by atoms with van der Waals surface area (Å²) in [5, 5.41) is 0. The minimum Gasteiger partial charge on any atom is -0.460 e. The van der Waals surface area contributed by atoms with E-state index in [1.807, 2.05) is 57.2 Å². The Hall–Kier alpha value is -3.65. The predicted molar refractivity (Wildman–Crippen MR) is 153 cm³/mol. The molecule has 0 unspecified atom stereocenters. The number of nitrogens with zero attached hydrogens (tertiary/aromatic N) is 2. The summed E-state index contributed by atoms with van der Waals surface area (Å²) in [5.41, 5.74) is 1.66. The number of ether oxygens (including phenoxy) is 3. The average molecular weight is 551 g/mol. The number of benzene rings is 2. The second-order valence-corrected chi connectivity index (χ2v) is 10.9. The number of piperidine rings is 1. The van der Waals surface area contributed by atoms with Crippen molar-refractivity contribution in [1.82, 2.24) is 9.80 Å². The highest BCUT2D eigenvalue weighted by Gasteiger charge is 2.39. The Morgan fingerprint density at radius 2 is 1.55 bits per heavy atom. The standard InChI is InChI=1S/C32H42N2O6/c1-6-38-30(36)29(39-24(2)35)20-19-28-27(18-13-21-34(28)31(37)40-32(3,4)5)33(22-25-14-9-7-10-15-25)23-26-16-11-8-12-17-26/h7-12,14-17,20,27-28H,6,13,18-19,21-23H2,1-5H3/b29-20+/t27-,28+/m0/s1. The van der Waals surface area contributed by atoms with Crippen LogP contribution in [0.3, 0.4) is 0 Å². The molecule has 1 heterocycles. The van der Waals surface area contributed by atoms with Crippen molar-refractivity contribution in [3.63, 3.8) is 0 Å². The lowest BCUT2D eigenvalue weighted by molar-refractivity contribution is -0.150. The topological polar surface area (TPSA) is 85.4 Å². The smallest absolute Gasteiger partial charge is 0.410 e. The van der Waals surface area contributed by atoms with E-state index in [1.54, 1.807) is 17.9 Å². The van der Waals surface area contributed by atoms with E-state index in [2.05, 4.69) is 29.2 Å². The lowest BCUT2D eigenvalue weighted by Gasteiger charge is -2.46. The maximum absolute atomic E-state index is 13.5. The molecule has 0 radical (unpaired) electrons. The van der Waals surface area contributed by atoms with Crippen LogP contribution in [0, 0.1) is 0 Å². The SMILES string of the molecule is CCOC(=O)/C(=C\C[C@@H]1[C@@H](N(Cc2ccccc2)Cc2ccccc2)CCCN1C(=O)OC(C)(C)C)OC(C)=O. The molecule has 1 saturated heterocycles. The maximum atomic E-state index is 13.5. The molecule has 2 aromatic rings. The zero-order valence-corrected chi connectivity index (χ0v) is 24.3. The van der Waals surface area contributed by atoms with Crippen molar-refractivity contribution in [3.05, 3.63) is 83.6 Å². The third kappa shape index (κ3) is 9.52. The number of carbonyl (C=O) groups excluding carboxylic acids is 3. The van der Waals surface area contributed by atoms with E-state index in [0.717, 1.165) is 24.0 Å². The fourth-order valence-corrected chi connectivity index (χ4v) is 4.97. The van der Waals surface area contributed by atoms with E-state index in [0.29, 0.717) is 19.6 Å². The zero-order chi connectivity index (χ0) is 29.1. The molecule has 0 N–H and O–H groups in total. The molecule has 1 aliphatic rings. The second kappa shape index (κ2) is 14.7. The van der Waals surface area contributed by atoms with Gasteiger partial charge in [-0.15, -0.1) is 0 Å². The number of amides is 1. The fraction of sp³-hybridized carbons (Fsp3) is 0.469. The lowest BCUT2D eigenvalue weighted by Crippen LogP contribution is -2.57. The van der Waals surface area contributed by atoms with E-state index in [4.69, 9.17) is 14.2 Å². The Morgan fingerprint density at radius 1 is 0.975 bits per heavy atom. The lowest BCUT2D eigenvalue weighted by atomic mass is 9.91. The summed E-state index contributed by atoms with van der Waals surface area (Å²) < 4.78 is 16.1. The average Bonchev–Trinajstić information content (AvgIpc) is 2.90. The molecular formula is C32H42N2O6. The molecule has 2 atom stereocenters. The van der Waals surface area contributed by atoms with Gasteiger partial charge >= 0.3 is 18.0 Å².